The van der Waals surface area contributed by atoms with Crippen molar-refractivity contribution in [3.05, 3.63) is 52.1 Å². The van der Waals surface area contributed by atoms with Crippen LogP contribution in [0.2, 0.25) is 0 Å². The van der Waals surface area contributed by atoms with E-state index in [-0.39, 0.29) is 5.56 Å². The van der Waals surface area contributed by atoms with E-state index in [2.05, 4.69) is 15.6 Å². The standard InChI is InChI=1S/C17H16N4O3S2/c1-10(14(22)20-16(24)18-2)26-17-19-12-8-9-25-13(12)15(23)21(17)11-6-4-3-5-7-11/h3-10H,1-2H3,(H2,18,20,22,24). The van der Waals surface area contributed by atoms with Gasteiger partial charge in [-0.1, -0.05) is 30.0 Å². The van der Waals surface area contributed by atoms with Gasteiger partial charge in [-0.3, -0.25) is 19.5 Å². The summed E-state index contributed by atoms with van der Waals surface area (Å²) in [6.45, 7) is 1.66. The fourth-order valence-electron chi connectivity index (χ4n) is 2.26. The number of fused-ring (bicyclic) bond motifs is 1. The molecule has 0 aliphatic rings. The van der Waals surface area contributed by atoms with E-state index in [4.69, 9.17) is 0 Å². The van der Waals surface area contributed by atoms with Gasteiger partial charge in [-0.25, -0.2) is 9.78 Å². The fourth-order valence-corrected chi connectivity index (χ4v) is 3.95. The van der Waals surface area contributed by atoms with Gasteiger partial charge in [0.05, 0.1) is 16.5 Å². The third-order valence-corrected chi connectivity index (χ3v) is 5.52. The summed E-state index contributed by atoms with van der Waals surface area (Å²) in [7, 11) is 1.43. The molecule has 0 fully saturated rings. The lowest BCUT2D eigenvalue weighted by molar-refractivity contribution is -0.119. The van der Waals surface area contributed by atoms with Crippen LogP contribution in [0.1, 0.15) is 6.92 Å². The molecule has 2 N–H and O–H groups in total. The van der Waals surface area contributed by atoms with E-state index in [0.717, 1.165) is 11.8 Å². The predicted molar refractivity (Wildman–Crippen MR) is 103 cm³/mol. The van der Waals surface area contributed by atoms with Gasteiger partial charge in [-0.15, -0.1) is 11.3 Å². The summed E-state index contributed by atoms with van der Waals surface area (Å²) >= 11 is 2.45. The first-order valence-corrected chi connectivity index (χ1v) is 9.52. The number of aromatic nitrogens is 2. The van der Waals surface area contributed by atoms with Crippen LogP contribution in [-0.2, 0) is 4.79 Å². The summed E-state index contributed by atoms with van der Waals surface area (Å²) in [6.07, 6.45) is 0. The van der Waals surface area contributed by atoms with Crippen LogP contribution >= 0.6 is 23.1 Å². The van der Waals surface area contributed by atoms with Crippen molar-refractivity contribution in [3.63, 3.8) is 0 Å². The number of amides is 3. The average molecular weight is 388 g/mol. The van der Waals surface area contributed by atoms with E-state index < -0.39 is 17.2 Å². The molecule has 0 bridgehead atoms. The number of thiophene rings is 1. The molecule has 0 saturated heterocycles. The first-order valence-electron chi connectivity index (χ1n) is 7.76. The first kappa shape index (κ1) is 18.2. The number of rotatable bonds is 4. The number of nitrogens with zero attached hydrogens (tertiary/aromatic N) is 2. The lowest BCUT2D eigenvalue weighted by Crippen LogP contribution is -2.41. The summed E-state index contributed by atoms with van der Waals surface area (Å²) < 4.78 is 2.05. The number of imide groups is 1. The van der Waals surface area contributed by atoms with Crippen LogP contribution in [0, 0.1) is 0 Å². The Kier molecular flexibility index (Phi) is 5.38. The molecular formula is C17H16N4O3S2. The molecule has 3 aromatic rings. The number of carbonyl (C=O) groups is 2. The van der Waals surface area contributed by atoms with Crippen LogP contribution < -0.4 is 16.2 Å². The highest BCUT2D eigenvalue weighted by molar-refractivity contribution is 8.00. The van der Waals surface area contributed by atoms with Gasteiger partial charge in [0, 0.05) is 7.05 Å². The number of para-hydroxylation sites is 1. The Hall–Kier alpha value is -2.65. The van der Waals surface area contributed by atoms with Crippen LogP contribution in [0.3, 0.4) is 0 Å². The van der Waals surface area contributed by atoms with Crippen molar-refractivity contribution >= 4 is 45.3 Å². The summed E-state index contributed by atoms with van der Waals surface area (Å²) in [5.41, 5.74) is 1.08. The van der Waals surface area contributed by atoms with Crippen molar-refractivity contribution in [2.24, 2.45) is 0 Å². The van der Waals surface area contributed by atoms with Crippen LogP contribution in [-0.4, -0.2) is 33.8 Å². The molecule has 7 nitrogen and oxygen atoms in total. The lowest BCUT2D eigenvalue weighted by Gasteiger charge is -2.15. The van der Waals surface area contributed by atoms with E-state index in [1.54, 1.807) is 13.0 Å². The molecule has 3 rings (SSSR count). The second-order valence-electron chi connectivity index (χ2n) is 5.33. The Labute approximate surface area is 157 Å². The van der Waals surface area contributed by atoms with Crippen molar-refractivity contribution in [1.82, 2.24) is 20.2 Å². The predicted octanol–water partition coefficient (Wildman–Crippen LogP) is 2.38. The minimum Gasteiger partial charge on any atom is -0.341 e. The van der Waals surface area contributed by atoms with E-state index in [9.17, 15) is 14.4 Å². The fraction of sp³-hybridized carbons (Fsp3) is 0.176. The first-order chi connectivity index (χ1) is 12.5. The maximum Gasteiger partial charge on any atom is 0.321 e. The van der Waals surface area contributed by atoms with E-state index in [1.165, 1.54) is 23.0 Å². The molecule has 0 aliphatic heterocycles. The number of carbonyl (C=O) groups excluding carboxylic acids is 2. The lowest BCUT2D eigenvalue weighted by atomic mass is 10.3. The number of urea groups is 1. The van der Waals surface area contributed by atoms with Gasteiger partial charge in [0.25, 0.3) is 5.56 Å². The van der Waals surface area contributed by atoms with Crippen molar-refractivity contribution in [2.45, 2.75) is 17.3 Å². The molecule has 1 atom stereocenters. The molecule has 134 valence electrons. The molecule has 0 radical (unpaired) electrons. The van der Waals surface area contributed by atoms with Gasteiger partial charge < -0.3 is 5.32 Å². The molecule has 0 saturated carbocycles. The van der Waals surface area contributed by atoms with E-state index >= 15 is 0 Å². The number of benzene rings is 1. The number of hydrogen-bond donors (Lipinski definition) is 2. The Balaban J connectivity index is 2.03. The van der Waals surface area contributed by atoms with E-state index in [1.807, 2.05) is 35.7 Å². The second kappa shape index (κ2) is 7.71. The molecule has 1 aromatic carbocycles. The van der Waals surface area contributed by atoms with Gasteiger partial charge in [0.2, 0.25) is 5.91 Å². The molecule has 9 heteroatoms. The van der Waals surface area contributed by atoms with Gasteiger partial charge in [0.15, 0.2) is 5.16 Å². The highest BCUT2D eigenvalue weighted by atomic mass is 32.2. The molecule has 0 spiro atoms. The van der Waals surface area contributed by atoms with Gasteiger partial charge in [0.1, 0.15) is 4.70 Å². The highest BCUT2D eigenvalue weighted by Crippen LogP contribution is 2.26. The number of thioether (sulfide) groups is 1. The molecule has 3 amide bonds. The molecule has 0 aliphatic carbocycles. The van der Waals surface area contributed by atoms with Crippen molar-refractivity contribution in [3.8, 4) is 5.69 Å². The Morgan fingerprint density at radius 1 is 1.23 bits per heavy atom. The van der Waals surface area contributed by atoms with Crippen LogP contribution in [0.5, 0.6) is 0 Å². The van der Waals surface area contributed by atoms with Crippen LogP contribution in [0.15, 0.2) is 51.7 Å². The minimum absolute atomic E-state index is 0.183. The number of hydrogen-bond acceptors (Lipinski definition) is 6. The van der Waals surface area contributed by atoms with Gasteiger partial charge in [-0.2, -0.15) is 0 Å². The SMILES string of the molecule is CNC(=O)NC(=O)C(C)Sc1nc2ccsc2c(=O)n1-c1ccccc1. The monoisotopic (exact) mass is 388 g/mol. The highest BCUT2D eigenvalue weighted by Gasteiger charge is 2.21. The summed E-state index contributed by atoms with van der Waals surface area (Å²) in [4.78, 5) is 41.0. The van der Waals surface area contributed by atoms with Crippen molar-refractivity contribution in [2.75, 3.05) is 7.05 Å². The maximum absolute atomic E-state index is 12.9. The number of nitrogens with one attached hydrogen (secondary N) is 2. The van der Waals surface area contributed by atoms with Crippen LogP contribution in [0.4, 0.5) is 4.79 Å². The Bertz CT molecular complexity index is 1010. The molecule has 2 heterocycles. The summed E-state index contributed by atoms with van der Waals surface area (Å²) in [5, 5.41) is 6.15. The van der Waals surface area contributed by atoms with E-state index in [0.29, 0.717) is 21.1 Å². The zero-order valence-electron chi connectivity index (χ0n) is 14.1. The topological polar surface area (TPSA) is 93.1 Å². The molecule has 1 unspecified atom stereocenters. The third-order valence-electron chi connectivity index (χ3n) is 3.58. The normalized spacial score (nSPS) is 11.9. The second-order valence-corrected chi connectivity index (χ2v) is 7.56. The zero-order chi connectivity index (χ0) is 18.7. The van der Waals surface area contributed by atoms with Gasteiger partial charge in [-0.05, 0) is 30.5 Å². The summed E-state index contributed by atoms with van der Waals surface area (Å²) in [6, 6.07) is 10.3. The molecule has 2 aromatic heterocycles. The zero-order valence-corrected chi connectivity index (χ0v) is 15.7. The minimum atomic E-state index is -0.620. The third kappa shape index (κ3) is 3.63. The molecule has 26 heavy (non-hydrogen) atoms. The average Bonchev–Trinajstić information content (AvgIpc) is 3.11. The quantitative estimate of drug-likeness (QED) is 0.529. The largest absolute Gasteiger partial charge is 0.341 e. The smallest absolute Gasteiger partial charge is 0.321 e. The van der Waals surface area contributed by atoms with Crippen molar-refractivity contribution in [1.29, 1.82) is 0 Å². The Morgan fingerprint density at radius 2 is 1.96 bits per heavy atom. The van der Waals surface area contributed by atoms with Crippen LogP contribution in [0.25, 0.3) is 15.9 Å². The summed E-state index contributed by atoms with van der Waals surface area (Å²) in [5.74, 6) is -0.464. The van der Waals surface area contributed by atoms with Crippen molar-refractivity contribution < 1.29 is 9.59 Å². The molecular weight excluding hydrogens is 372 g/mol. The maximum atomic E-state index is 12.9. The Morgan fingerprint density at radius 3 is 2.65 bits per heavy atom. The van der Waals surface area contributed by atoms with Gasteiger partial charge >= 0.3 is 6.03 Å².